The number of hydroxylamine groups is 1. The second-order valence-corrected chi connectivity index (χ2v) is 7.18. The number of hydrogen-bond donors (Lipinski definition) is 3. The maximum atomic E-state index is 11.5. The zero-order chi connectivity index (χ0) is 19.3. The first-order valence-electron chi connectivity index (χ1n) is 10.7. The Balaban J connectivity index is 3.30. The van der Waals surface area contributed by atoms with Crippen molar-refractivity contribution in [3.8, 4) is 0 Å². The molecule has 0 saturated heterocycles. The van der Waals surface area contributed by atoms with Gasteiger partial charge in [0.05, 0.1) is 12.6 Å². The summed E-state index contributed by atoms with van der Waals surface area (Å²) in [6.45, 7) is 3.33. The lowest BCUT2D eigenvalue weighted by molar-refractivity contribution is -0.588. The number of carbonyl (C=O) groups is 1. The fraction of sp³-hybridized carbons (Fsp3) is 0.857. The summed E-state index contributed by atoms with van der Waals surface area (Å²) in [5.74, 6) is 0.104. The van der Waals surface area contributed by atoms with Crippen molar-refractivity contribution in [2.24, 2.45) is 0 Å². The zero-order valence-corrected chi connectivity index (χ0v) is 16.9. The number of hydrogen-bond acceptors (Lipinski definition) is 3. The van der Waals surface area contributed by atoms with Gasteiger partial charge >= 0.3 is 0 Å². The van der Waals surface area contributed by atoms with Gasteiger partial charge in [0, 0.05) is 19.4 Å². The van der Waals surface area contributed by atoms with Crippen LogP contribution in [0.2, 0.25) is 0 Å². The molecule has 26 heavy (non-hydrogen) atoms. The molecule has 154 valence electrons. The molecule has 0 rings (SSSR count). The van der Waals surface area contributed by atoms with Crippen LogP contribution in [0.15, 0.2) is 12.2 Å². The van der Waals surface area contributed by atoms with E-state index in [1.165, 1.54) is 38.5 Å². The van der Waals surface area contributed by atoms with Gasteiger partial charge in [-0.3, -0.25) is 4.79 Å². The molecule has 0 aromatic carbocycles. The van der Waals surface area contributed by atoms with Crippen LogP contribution in [0.25, 0.3) is 0 Å². The van der Waals surface area contributed by atoms with E-state index in [0.29, 0.717) is 19.5 Å². The summed E-state index contributed by atoms with van der Waals surface area (Å²) in [6, 6.07) is 0. The minimum atomic E-state index is -0.173. The SMILES string of the molecule is CCCCCC[C@@H](O)C/C=C\CCCCCCCC(=O)NCCC[NH2+][O-]. The summed E-state index contributed by atoms with van der Waals surface area (Å²) in [7, 11) is 0. The van der Waals surface area contributed by atoms with E-state index in [1.54, 1.807) is 0 Å². The van der Waals surface area contributed by atoms with Crippen molar-refractivity contribution in [2.75, 3.05) is 13.1 Å². The molecule has 0 aromatic heterocycles. The minimum absolute atomic E-state index is 0.104. The minimum Gasteiger partial charge on any atom is -0.636 e. The molecule has 5 nitrogen and oxygen atoms in total. The number of amides is 1. The fourth-order valence-corrected chi connectivity index (χ4v) is 2.88. The number of rotatable bonds is 19. The predicted octanol–water partition coefficient (Wildman–Crippen LogP) is 3.56. The van der Waals surface area contributed by atoms with Gasteiger partial charge in [-0.25, -0.2) is 0 Å². The Morgan fingerprint density at radius 3 is 2.54 bits per heavy atom. The van der Waals surface area contributed by atoms with Crippen LogP contribution in [0.3, 0.4) is 0 Å². The van der Waals surface area contributed by atoms with E-state index >= 15 is 0 Å². The third-order valence-corrected chi connectivity index (χ3v) is 4.56. The van der Waals surface area contributed by atoms with Gasteiger partial charge in [-0.15, -0.1) is 0 Å². The van der Waals surface area contributed by atoms with Crippen LogP contribution in [-0.2, 0) is 4.79 Å². The highest BCUT2D eigenvalue weighted by Gasteiger charge is 2.01. The van der Waals surface area contributed by atoms with Crippen LogP contribution in [0.5, 0.6) is 0 Å². The van der Waals surface area contributed by atoms with Gasteiger partial charge in [0.2, 0.25) is 5.91 Å². The van der Waals surface area contributed by atoms with E-state index in [9.17, 15) is 15.1 Å². The quantitative estimate of drug-likeness (QED) is 0.184. The molecule has 5 heteroatoms. The van der Waals surface area contributed by atoms with Gasteiger partial charge in [0.25, 0.3) is 0 Å². The summed E-state index contributed by atoms with van der Waals surface area (Å²) in [5, 5.41) is 22.9. The second kappa shape index (κ2) is 20.4. The molecule has 0 aliphatic carbocycles. The Bertz CT molecular complexity index is 335. The normalized spacial score (nSPS) is 12.6. The Hall–Kier alpha value is -0.910. The lowest BCUT2D eigenvalue weighted by Gasteiger charge is -2.07. The Kier molecular flexibility index (Phi) is 19.7. The largest absolute Gasteiger partial charge is 0.636 e. The highest BCUT2D eigenvalue weighted by atomic mass is 16.5. The number of carbonyl (C=O) groups excluding carboxylic acids is 1. The van der Waals surface area contributed by atoms with Gasteiger partial charge in [0.15, 0.2) is 0 Å². The van der Waals surface area contributed by atoms with E-state index in [0.717, 1.165) is 50.4 Å². The number of allylic oxidation sites excluding steroid dienone is 1. The van der Waals surface area contributed by atoms with Gasteiger partial charge in [-0.05, 0) is 32.1 Å². The molecule has 0 aliphatic heterocycles. The van der Waals surface area contributed by atoms with E-state index in [1.807, 2.05) is 0 Å². The third kappa shape index (κ3) is 19.4. The lowest BCUT2D eigenvalue weighted by atomic mass is 10.1. The maximum Gasteiger partial charge on any atom is 0.219 e. The molecule has 0 aliphatic rings. The standard InChI is InChI=1S/C21H42N2O3/c1-2-3-4-11-15-20(24)16-12-9-7-5-6-8-10-13-17-21(25)22-18-14-19-23-26/h9,12,20,24H,2-8,10-11,13-19,23H2,1H3,(H,22,25)/b12-9-/t20-/m1/s1. The lowest BCUT2D eigenvalue weighted by Crippen LogP contribution is -2.77. The summed E-state index contributed by atoms with van der Waals surface area (Å²) in [6.07, 6.45) is 18.8. The van der Waals surface area contributed by atoms with Gasteiger partial charge in [-0.1, -0.05) is 64.0 Å². The Labute approximate surface area is 160 Å². The summed E-state index contributed by atoms with van der Waals surface area (Å²) < 4.78 is 0. The zero-order valence-electron chi connectivity index (χ0n) is 16.9. The summed E-state index contributed by atoms with van der Waals surface area (Å²) >= 11 is 0. The van der Waals surface area contributed by atoms with Gasteiger partial charge in [-0.2, -0.15) is 0 Å². The highest BCUT2D eigenvalue weighted by Crippen LogP contribution is 2.10. The summed E-state index contributed by atoms with van der Waals surface area (Å²) in [4.78, 5) is 11.5. The number of nitrogens with two attached hydrogens (primary N) is 1. The van der Waals surface area contributed by atoms with Crippen LogP contribution < -0.4 is 10.8 Å². The fourth-order valence-electron chi connectivity index (χ4n) is 2.88. The van der Waals surface area contributed by atoms with Crippen molar-refractivity contribution in [3.05, 3.63) is 17.4 Å². The van der Waals surface area contributed by atoms with Crippen molar-refractivity contribution < 1.29 is 15.4 Å². The van der Waals surface area contributed by atoms with Crippen molar-refractivity contribution in [1.29, 1.82) is 0 Å². The summed E-state index contributed by atoms with van der Waals surface area (Å²) in [5.41, 5.74) is 0.887. The van der Waals surface area contributed by atoms with Crippen molar-refractivity contribution in [3.63, 3.8) is 0 Å². The topological polar surface area (TPSA) is 89.0 Å². The van der Waals surface area contributed by atoms with E-state index in [4.69, 9.17) is 0 Å². The molecule has 1 amide bonds. The molecular formula is C21H42N2O3. The van der Waals surface area contributed by atoms with E-state index in [-0.39, 0.29) is 12.0 Å². The number of aliphatic hydroxyl groups excluding tert-OH is 1. The molecule has 0 aromatic rings. The predicted molar refractivity (Wildman–Crippen MR) is 109 cm³/mol. The monoisotopic (exact) mass is 370 g/mol. The third-order valence-electron chi connectivity index (χ3n) is 4.56. The number of quaternary nitrogens is 1. The first-order chi connectivity index (χ1) is 12.7. The molecule has 0 fully saturated rings. The highest BCUT2D eigenvalue weighted by molar-refractivity contribution is 5.75. The van der Waals surface area contributed by atoms with Crippen molar-refractivity contribution >= 4 is 5.91 Å². The van der Waals surface area contributed by atoms with Crippen LogP contribution in [-0.4, -0.2) is 30.2 Å². The Morgan fingerprint density at radius 1 is 1.04 bits per heavy atom. The smallest absolute Gasteiger partial charge is 0.219 e. The number of nitrogens with one attached hydrogen (secondary N) is 1. The first-order valence-corrected chi connectivity index (χ1v) is 10.7. The van der Waals surface area contributed by atoms with Crippen molar-refractivity contribution in [2.45, 2.75) is 103 Å². The number of unbranched alkanes of at least 4 members (excludes halogenated alkanes) is 8. The van der Waals surface area contributed by atoms with Crippen molar-refractivity contribution in [1.82, 2.24) is 5.32 Å². The van der Waals surface area contributed by atoms with Gasteiger partial charge in [0.1, 0.15) is 0 Å². The van der Waals surface area contributed by atoms with E-state index in [2.05, 4.69) is 24.4 Å². The molecule has 0 radical (unpaired) electrons. The average molecular weight is 371 g/mol. The second-order valence-electron chi connectivity index (χ2n) is 7.18. The average Bonchev–Trinajstić information content (AvgIpc) is 2.64. The van der Waals surface area contributed by atoms with Crippen LogP contribution in [0.1, 0.15) is 96.8 Å². The van der Waals surface area contributed by atoms with Crippen LogP contribution in [0.4, 0.5) is 0 Å². The molecular weight excluding hydrogens is 328 g/mol. The maximum absolute atomic E-state index is 11.5. The molecule has 0 bridgehead atoms. The van der Waals surface area contributed by atoms with E-state index < -0.39 is 0 Å². The molecule has 0 saturated carbocycles. The van der Waals surface area contributed by atoms with Crippen LogP contribution >= 0.6 is 0 Å². The first kappa shape index (κ1) is 25.1. The number of aliphatic hydroxyl groups is 1. The molecule has 0 heterocycles. The Morgan fingerprint density at radius 2 is 1.77 bits per heavy atom. The molecule has 0 unspecified atom stereocenters. The van der Waals surface area contributed by atoms with Crippen LogP contribution in [0, 0.1) is 5.21 Å². The molecule has 1 atom stereocenters. The molecule has 0 spiro atoms. The van der Waals surface area contributed by atoms with Gasteiger partial charge < -0.3 is 21.1 Å². The molecule has 4 N–H and O–H groups in total.